The Hall–Kier alpha value is -3.66. The van der Waals surface area contributed by atoms with Crippen LogP contribution in [0.15, 0.2) is 72.8 Å². The van der Waals surface area contributed by atoms with Crippen LogP contribution in [0.25, 0.3) is 0 Å². The van der Waals surface area contributed by atoms with Crippen molar-refractivity contribution in [3.8, 4) is 0 Å². The van der Waals surface area contributed by atoms with Crippen LogP contribution < -0.4 is 16.0 Å². The quantitative estimate of drug-likeness (QED) is 0.259. The molecule has 37 heavy (non-hydrogen) atoms. The number of nitrogens with zero attached hydrogens (tertiary/aromatic N) is 1. The lowest BCUT2D eigenvalue weighted by molar-refractivity contribution is 0.126. The molecule has 0 aromatic heterocycles. The van der Waals surface area contributed by atoms with Crippen molar-refractivity contribution in [2.75, 3.05) is 42.3 Å². The Kier molecular flexibility index (Phi) is 10.7. The predicted molar refractivity (Wildman–Crippen MR) is 145 cm³/mol. The molecule has 0 saturated heterocycles. The first kappa shape index (κ1) is 27.9. The zero-order chi connectivity index (χ0) is 26.6. The van der Waals surface area contributed by atoms with Crippen molar-refractivity contribution < 1.29 is 23.9 Å². The maximum atomic E-state index is 12.8. The van der Waals surface area contributed by atoms with E-state index in [4.69, 9.17) is 44.3 Å². The highest BCUT2D eigenvalue weighted by Gasteiger charge is 2.16. The molecule has 0 unspecified atom stereocenters. The van der Waals surface area contributed by atoms with Gasteiger partial charge in [-0.2, -0.15) is 0 Å². The summed E-state index contributed by atoms with van der Waals surface area (Å²) in [6.07, 6.45) is -1.39. The third-order valence-corrected chi connectivity index (χ3v) is 5.51. The number of carbonyl (C=O) groups excluding carboxylic acids is 3. The molecule has 0 radical (unpaired) electrons. The standard InChI is InChI=1S/C25H23Cl3N4O5/c26-17-1-7-20(8-2-17)29-23(33)32(13-15-36-24(34)30-21-9-3-18(27)4-10-21)14-16-37-25(35)31-22-11-5-19(28)6-12-22/h1-12H,13-16H2,(H,29,33)(H,30,34)(H,31,35). The fourth-order valence-corrected chi connectivity index (χ4v) is 3.30. The Labute approximate surface area is 228 Å². The third kappa shape index (κ3) is 10.1. The number of anilines is 3. The number of nitrogens with one attached hydrogen (secondary N) is 3. The molecular formula is C25H23Cl3N4O5. The van der Waals surface area contributed by atoms with Gasteiger partial charge in [0.1, 0.15) is 13.2 Å². The maximum Gasteiger partial charge on any atom is 0.411 e. The molecule has 12 heteroatoms. The summed E-state index contributed by atoms with van der Waals surface area (Å²) >= 11 is 17.6. The molecule has 0 saturated carbocycles. The largest absolute Gasteiger partial charge is 0.447 e. The molecule has 0 heterocycles. The van der Waals surface area contributed by atoms with Crippen molar-refractivity contribution in [3.05, 3.63) is 87.9 Å². The van der Waals surface area contributed by atoms with Crippen molar-refractivity contribution in [1.82, 2.24) is 4.90 Å². The summed E-state index contributed by atoms with van der Waals surface area (Å²) in [5.74, 6) is 0. The lowest BCUT2D eigenvalue weighted by Gasteiger charge is -2.23. The number of amides is 4. The zero-order valence-corrected chi connectivity index (χ0v) is 21.6. The van der Waals surface area contributed by atoms with Gasteiger partial charge in [-0.25, -0.2) is 14.4 Å². The van der Waals surface area contributed by atoms with Crippen LogP contribution in [0.3, 0.4) is 0 Å². The minimum Gasteiger partial charge on any atom is -0.447 e. The van der Waals surface area contributed by atoms with Crippen LogP contribution in [0.4, 0.5) is 31.4 Å². The normalized spacial score (nSPS) is 10.2. The highest BCUT2D eigenvalue weighted by atomic mass is 35.5. The van der Waals surface area contributed by atoms with Crippen LogP contribution in [0.5, 0.6) is 0 Å². The predicted octanol–water partition coefficient (Wildman–Crippen LogP) is 6.98. The molecule has 0 aliphatic rings. The van der Waals surface area contributed by atoms with Gasteiger partial charge in [-0.15, -0.1) is 0 Å². The number of hydrogen-bond donors (Lipinski definition) is 3. The second kappa shape index (κ2) is 14.2. The van der Waals surface area contributed by atoms with E-state index in [1.165, 1.54) is 4.90 Å². The van der Waals surface area contributed by atoms with Gasteiger partial charge in [0.25, 0.3) is 0 Å². The molecule has 3 rings (SSSR count). The first-order valence-electron chi connectivity index (χ1n) is 11.0. The van der Waals surface area contributed by atoms with Crippen molar-refractivity contribution in [2.45, 2.75) is 0 Å². The lowest BCUT2D eigenvalue weighted by atomic mass is 10.3. The molecule has 9 nitrogen and oxygen atoms in total. The highest BCUT2D eigenvalue weighted by molar-refractivity contribution is 6.31. The molecule has 3 N–H and O–H groups in total. The van der Waals surface area contributed by atoms with Gasteiger partial charge in [-0.1, -0.05) is 34.8 Å². The van der Waals surface area contributed by atoms with Gasteiger partial charge >= 0.3 is 18.2 Å². The fourth-order valence-electron chi connectivity index (χ4n) is 2.92. The van der Waals surface area contributed by atoms with E-state index >= 15 is 0 Å². The molecule has 0 aliphatic carbocycles. The Bertz CT molecular complexity index is 1130. The number of halogens is 3. The van der Waals surface area contributed by atoms with Crippen LogP contribution in [0, 0.1) is 0 Å². The van der Waals surface area contributed by atoms with Crippen LogP contribution >= 0.6 is 34.8 Å². The van der Waals surface area contributed by atoms with Crippen LogP contribution in [0.2, 0.25) is 15.1 Å². The summed E-state index contributed by atoms with van der Waals surface area (Å²) in [5.41, 5.74) is 1.53. The van der Waals surface area contributed by atoms with Crippen LogP contribution in [-0.2, 0) is 9.47 Å². The Balaban J connectivity index is 1.51. The van der Waals surface area contributed by atoms with Gasteiger partial charge in [0, 0.05) is 32.1 Å². The van der Waals surface area contributed by atoms with Crippen LogP contribution in [-0.4, -0.2) is 49.4 Å². The molecule has 3 aromatic carbocycles. The number of urea groups is 1. The second-order valence-electron chi connectivity index (χ2n) is 7.46. The molecule has 3 aromatic rings. The number of benzene rings is 3. The Morgan fingerprint density at radius 2 is 0.892 bits per heavy atom. The summed E-state index contributed by atoms with van der Waals surface area (Å²) < 4.78 is 10.4. The average Bonchev–Trinajstić information content (AvgIpc) is 2.87. The highest BCUT2D eigenvalue weighted by Crippen LogP contribution is 2.16. The summed E-state index contributed by atoms with van der Waals surface area (Å²) in [5, 5.41) is 9.44. The Morgan fingerprint density at radius 3 is 1.24 bits per heavy atom. The first-order valence-corrected chi connectivity index (χ1v) is 12.1. The molecule has 4 amide bonds. The molecule has 194 valence electrons. The van der Waals surface area contributed by atoms with Crippen molar-refractivity contribution in [1.29, 1.82) is 0 Å². The first-order chi connectivity index (χ1) is 17.8. The van der Waals surface area contributed by atoms with Crippen molar-refractivity contribution in [2.24, 2.45) is 0 Å². The smallest absolute Gasteiger partial charge is 0.411 e. The van der Waals surface area contributed by atoms with Crippen molar-refractivity contribution in [3.63, 3.8) is 0 Å². The van der Waals surface area contributed by atoms with Crippen LogP contribution in [0.1, 0.15) is 0 Å². The molecule has 0 bridgehead atoms. The average molecular weight is 566 g/mol. The molecule has 0 aliphatic heterocycles. The van der Waals surface area contributed by atoms with E-state index in [1.807, 2.05) is 0 Å². The Morgan fingerprint density at radius 1 is 0.568 bits per heavy atom. The van der Waals surface area contributed by atoms with E-state index in [1.54, 1.807) is 72.8 Å². The summed E-state index contributed by atoms with van der Waals surface area (Å²) in [6, 6.07) is 19.1. The zero-order valence-electron chi connectivity index (χ0n) is 19.4. The van der Waals surface area contributed by atoms with Gasteiger partial charge < -0.3 is 19.7 Å². The van der Waals surface area contributed by atoms with E-state index < -0.39 is 18.2 Å². The molecule has 0 fully saturated rings. The number of ether oxygens (including phenoxy) is 2. The fraction of sp³-hybridized carbons (Fsp3) is 0.160. The van der Waals surface area contributed by atoms with Gasteiger partial charge in [-0.05, 0) is 72.8 Å². The number of carbonyl (C=O) groups is 3. The summed E-state index contributed by atoms with van der Waals surface area (Å²) in [7, 11) is 0. The summed E-state index contributed by atoms with van der Waals surface area (Å²) in [4.78, 5) is 38.4. The topological polar surface area (TPSA) is 109 Å². The maximum absolute atomic E-state index is 12.8. The molecule has 0 spiro atoms. The number of hydrogen-bond acceptors (Lipinski definition) is 5. The second-order valence-corrected chi connectivity index (χ2v) is 8.77. The number of rotatable bonds is 9. The van der Waals surface area contributed by atoms with E-state index in [0.29, 0.717) is 32.1 Å². The monoisotopic (exact) mass is 564 g/mol. The lowest BCUT2D eigenvalue weighted by Crippen LogP contribution is -2.40. The van der Waals surface area contributed by atoms with Crippen molar-refractivity contribution >= 4 is 70.1 Å². The van der Waals surface area contributed by atoms with E-state index in [-0.39, 0.29) is 26.3 Å². The summed E-state index contributed by atoms with van der Waals surface area (Å²) in [6.45, 7) is -0.139. The minimum absolute atomic E-state index is 0.0373. The van der Waals surface area contributed by atoms with E-state index in [0.717, 1.165) is 0 Å². The van der Waals surface area contributed by atoms with Gasteiger partial charge in [-0.3, -0.25) is 10.6 Å². The minimum atomic E-state index is -0.695. The van der Waals surface area contributed by atoms with Gasteiger partial charge in [0.15, 0.2) is 0 Å². The van der Waals surface area contributed by atoms with E-state index in [9.17, 15) is 14.4 Å². The molecule has 0 atom stereocenters. The third-order valence-electron chi connectivity index (χ3n) is 4.75. The SMILES string of the molecule is O=C(Nc1ccc(Cl)cc1)OCCN(CCOC(=O)Nc1ccc(Cl)cc1)C(=O)Nc1ccc(Cl)cc1. The molecular weight excluding hydrogens is 543 g/mol. The van der Waals surface area contributed by atoms with Gasteiger partial charge in [0.2, 0.25) is 0 Å². The van der Waals surface area contributed by atoms with E-state index in [2.05, 4.69) is 16.0 Å². The van der Waals surface area contributed by atoms with Gasteiger partial charge in [0.05, 0.1) is 13.1 Å².